The second kappa shape index (κ2) is 16.3. The van der Waals surface area contributed by atoms with E-state index in [2.05, 4.69) is 65.8 Å². The van der Waals surface area contributed by atoms with Gasteiger partial charge >= 0.3 is 0 Å². The first kappa shape index (κ1) is 25.1. The molecule has 0 aliphatic rings. The van der Waals surface area contributed by atoms with Gasteiger partial charge in [-0.3, -0.25) is 0 Å². The molecule has 1 aromatic carbocycles. The van der Waals surface area contributed by atoms with Crippen LogP contribution in [0.25, 0.3) is 0 Å². The van der Waals surface area contributed by atoms with Gasteiger partial charge < -0.3 is 25.0 Å². The summed E-state index contributed by atoms with van der Waals surface area (Å²) in [5, 5.41) is 6.61. The zero-order valence-corrected chi connectivity index (χ0v) is 18.9. The average Bonchev–Trinajstić information content (AvgIpc) is 2.59. The maximum absolute atomic E-state index is 5.45. The molecule has 0 aromatic heterocycles. The van der Waals surface area contributed by atoms with Crippen molar-refractivity contribution >= 4 is 29.9 Å². The third kappa shape index (κ3) is 12.5. The van der Waals surface area contributed by atoms with Crippen molar-refractivity contribution in [3.63, 3.8) is 0 Å². The number of benzene rings is 1. The van der Waals surface area contributed by atoms with Crippen LogP contribution in [0.4, 0.5) is 0 Å². The van der Waals surface area contributed by atoms with Crippen LogP contribution in [0.15, 0.2) is 29.3 Å². The summed E-state index contributed by atoms with van der Waals surface area (Å²) in [4.78, 5) is 6.81. The van der Waals surface area contributed by atoms with Crippen LogP contribution in [0.5, 0.6) is 0 Å². The van der Waals surface area contributed by atoms with E-state index < -0.39 is 0 Å². The number of halogens is 1. The Labute approximate surface area is 175 Å². The minimum atomic E-state index is 0. The van der Waals surface area contributed by atoms with Crippen LogP contribution in [0, 0.1) is 0 Å². The molecule has 6 nitrogen and oxygen atoms in total. The van der Waals surface area contributed by atoms with E-state index >= 15 is 0 Å². The van der Waals surface area contributed by atoms with Crippen LogP contribution in [-0.4, -0.2) is 65.0 Å². The molecule has 7 heteroatoms. The second-order valence-electron chi connectivity index (χ2n) is 6.13. The van der Waals surface area contributed by atoms with E-state index in [-0.39, 0.29) is 24.0 Å². The molecule has 0 aliphatic carbocycles. The number of aliphatic imine (C=N–C) groups is 1. The topological polar surface area (TPSA) is 58.1 Å². The summed E-state index contributed by atoms with van der Waals surface area (Å²) in [6.07, 6.45) is 0.938. The summed E-state index contributed by atoms with van der Waals surface area (Å²) in [5.74, 6) is 0.844. The minimum Gasteiger partial charge on any atom is -0.382 e. The van der Waals surface area contributed by atoms with Gasteiger partial charge in [0, 0.05) is 33.4 Å². The normalized spacial score (nSPS) is 11.3. The summed E-state index contributed by atoms with van der Waals surface area (Å²) in [6.45, 7) is 7.39. The molecule has 1 rings (SSSR count). The lowest BCUT2D eigenvalue weighted by molar-refractivity contribution is 0.0698. The molecule has 2 N–H and O–H groups in total. The predicted octanol–water partition coefficient (Wildman–Crippen LogP) is 2.47. The molecule has 0 atom stereocenters. The quantitative estimate of drug-likeness (QED) is 0.209. The Morgan fingerprint density at radius 2 is 1.73 bits per heavy atom. The maximum atomic E-state index is 5.45. The van der Waals surface area contributed by atoms with Crippen LogP contribution in [0.2, 0.25) is 0 Å². The zero-order chi connectivity index (χ0) is 18.3. The zero-order valence-electron chi connectivity index (χ0n) is 16.6. The van der Waals surface area contributed by atoms with Gasteiger partial charge in [0.25, 0.3) is 0 Å². The van der Waals surface area contributed by atoms with Crippen molar-refractivity contribution in [1.82, 2.24) is 15.5 Å². The monoisotopic (exact) mass is 478 g/mol. The van der Waals surface area contributed by atoms with Crippen LogP contribution in [0.1, 0.15) is 24.5 Å². The highest BCUT2D eigenvalue weighted by molar-refractivity contribution is 14.0. The number of ether oxygens (including phenoxy) is 2. The highest BCUT2D eigenvalue weighted by Crippen LogP contribution is 2.07. The Morgan fingerprint density at radius 1 is 1.04 bits per heavy atom. The SMILES string of the molecule is CCNC(=NCc1ccc(CN(C)C)cc1)NCCCOCCOC.I. The number of hydrogen-bond acceptors (Lipinski definition) is 4. The van der Waals surface area contributed by atoms with Crippen molar-refractivity contribution in [2.75, 3.05) is 54.1 Å². The standard InChI is InChI=1S/C19H34N4O2.HI/c1-5-20-19(21-11-6-12-25-14-13-24-4)22-15-17-7-9-18(10-8-17)16-23(2)3;/h7-10H,5-6,11-16H2,1-4H3,(H2,20,21,22);1H. The lowest BCUT2D eigenvalue weighted by Crippen LogP contribution is -2.38. The molecular formula is C19H35IN4O2. The summed E-state index contributed by atoms with van der Waals surface area (Å²) < 4.78 is 10.4. The largest absolute Gasteiger partial charge is 0.382 e. The van der Waals surface area contributed by atoms with E-state index in [1.165, 1.54) is 11.1 Å². The van der Waals surface area contributed by atoms with E-state index in [9.17, 15) is 0 Å². The molecular weight excluding hydrogens is 443 g/mol. The number of nitrogens with one attached hydrogen (secondary N) is 2. The molecule has 0 saturated carbocycles. The number of hydrogen-bond donors (Lipinski definition) is 2. The molecule has 0 saturated heterocycles. The molecule has 0 fully saturated rings. The molecule has 0 amide bonds. The van der Waals surface area contributed by atoms with Crippen LogP contribution < -0.4 is 10.6 Å². The van der Waals surface area contributed by atoms with E-state index in [4.69, 9.17) is 9.47 Å². The fourth-order valence-corrected chi connectivity index (χ4v) is 2.25. The van der Waals surface area contributed by atoms with Crippen molar-refractivity contribution in [3.05, 3.63) is 35.4 Å². The van der Waals surface area contributed by atoms with E-state index in [0.29, 0.717) is 19.8 Å². The predicted molar refractivity (Wildman–Crippen MR) is 119 cm³/mol. The highest BCUT2D eigenvalue weighted by Gasteiger charge is 1.99. The Kier molecular flexibility index (Phi) is 15.7. The summed E-state index contributed by atoms with van der Waals surface area (Å²) in [5.41, 5.74) is 2.53. The van der Waals surface area contributed by atoms with Gasteiger partial charge in [0.1, 0.15) is 0 Å². The molecule has 0 unspecified atom stereocenters. The number of nitrogens with zero attached hydrogens (tertiary/aromatic N) is 2. The lowest BCUT2D eigenvalue weighted by atomic mass is 10.1. The number of guanidine groups is 1. The molecule has 0 spiro atoms. The van der Waals surface area contributed by atoms with Crippen molar-refractivity contribution in [2.24, 2.45) is 4.99 Å². The highest BCUT2D eigenvalue weighted by atomic mass is 127. The smallest absolute Gasteiger partial charge is 0.191 e. The van der Waals surface area contributed by atoms with Crippen molar-refractivity contribution in [2.45, 2.75) is 26.4 Å². The Bertz CT molecular complexity index is 481. The van der Waals surface area contributed by atoms with E-state index in [1.807, 2.05) is 0 Å². The van der Waals surface area contributed by atoms with Crippen LogP contribution in [-0.2, 0) is 22.6 Å². The van der Waals surface area contributed by atoms with Gasteiger partial charge in [0.05, 0.1) is 19.8 Å². The van der Waals surface area contributed by atoms with E-state index in [0.717, 1.165) is 38.6 Å². The van der Waals surface area contributed by atoms with Gasteiger partial charge in [-0.05, 0) is 38.6 Å². The third-order valence-corrected chi connectivity index (χ3v) is 3.48. The molecule has 0 radical (unpaired) electrons. The van der Waals surface area contributed by atoms with Gasteiger partial charge in [-0.15, -0.1) is 24.0 Å². The average molecular weight is 478 g/mol. The van der Waals surface area contributed by atoms with Crippen molar-refractivity contribution in [1.29, 1.82) is 0 Å². The molecule has 26 heavy (non-hydrogen) atoms. The fraction of sp³-hybridized carbons (Fsp3) is 0.632. The van der Waals surface area contributed by atoms with Crippen LogP contribution in [0.3, 0.4) is 0 Å². The van der Waals surface area contributed by atoms with Gasteiger partial charge in [0.2, 0.25) is 0 Å². The van der Waals surface area contributed by atoms with Gasteiger partial charge in [-0.2, -0.15) is 0 Å². The fourth-order valence-electron chi connectivity index (χ4n) is 2.25. The molecule has 1 aromatic rings. The molecule has 0 heterocycles. The molecule has 0 bridgehead atoms. The molecule has 150 valence electrons. The Morgan fingerprint density at radius 3 is 2.35 bits per heavy atom. The first-order valence-electron chi connectivity index (χ1n) is 8.97. The van der Waals surface area contributed by atoms with Gasteiger partial charge in [-0.25, -0.2) is 4.99 Å². The number of methoxy groups -OCH3 is 1. The molecule has 0 aliphatic heterocycles. The Hall–Kier alpha value is -0.900. The van der Waals surface area contributed by atoms with Crippen molar-refractivity contribution in [3.8, 4) is 0 Å². The third-order valence-electron chi connectivity index (χ3n) is 3.48. The Balaban J connectivity index is 0.00000625. The van der Waals surface area contributed by atoms with Gasteiger partial charge in [0.15, 0.2) is 5.96 Å². The van der Waals surface area contributed by atoms with E-state index in [1.54, 1.807) is 7.11 Å². The first-order valence-corrected chi connectivity index (χ1v) is 8.97. The second-order valence-corrected chi connectivity index (χ2v) is 6.13. The first-order chi connectivity index (χ1) is 12.2. The van der Waals surface area contributed by atoms with Gasteiger partial charge in [-0.1, -0.05) is 24.3 Å². The summed E-state index contributed by atoms with van der Waals surface area (Å²) >= 11 is 0. The number of rotatable bonds is 12. The summed E-state index contributed by atoms with van der Waals surface area (Å²) in [6, 6.07) is 8.64. The lowest BCUT2D eigenvalue weighted by Gasteiger charge is -2.12. The van der Waals surface area contributed by atoms with Crippen LogP contribution >= 0.6 is 24.0 Å². The maximum Gasteiger partial charge on any atom is 0.191 e. The van der Waals surface area contributed by atoms with Crippen molar-refractivity contribution < 1.29 is 9.47 Å². The minimum absolute atomic E-state index is 0. The summed E-state index contributed by atoms with van der Waals surface area (Å²) in [7, 11) is 5.84.